The summed E-state index contributed by atoms with van der Waals surface area (Å²) in [5.41, 5.74) is 9.19. The topological polar surface area (TPSA) is 25.8 Å². The van der Waals surface area contributed by atoms with E-state index in [1.54, 1.807) is 0 Å². The average molecular weight is 585 g/mol. The average Bonchev–Trinajstić information content (AvgIpc) is 3.13. The SMILES string of the molecule is c1ccc2cc(-c3c4ccccc4c(-c4ccc(-c5ccc(-c6cncc7ccccc67)nc5)cc4)c4ccccc34)ccc2c1. The van der Waals surface area contributed by atoms with Crippen LogP contribution in [0.4, 0.5) is 0 Å². The van der Waals surface area contributed by atoms with Crippen LogP contribution >= 0.6 is 0 Å². The lowest BCUT2D eigenvalue weighted by Crippen LogP contribution is -1.91. The molecule has 7 aromatic carbocycles. The van der Waals surface area contributed by atoms with Crippen molar-refractivity contribution in [2.45, 2.75) is 0 Å². The van der Waals surface area contributed by atoms with Crippen LogP contribution in [0.15, 0.2) is 170 Å². The fraction of sp³-hybridized carbons (Fsp3) is 0. The quantitative estimate of drug-likeness (QED) is 0.192. The van der Waals surface area contributed by atoms with Crippen molar-refractivity contribution < 1.29 is 0 Å². The highest BCUT2D eigenvalue weighted by Gasteiger charge is 2.17. The maximum atomic E-state index is 4.86. The molecule has 2 heteroatoms. The lowest BCUT2D eigenvalue weighted by atomic mass is 9.85. The van der Waals surface area contributed by atoms with E-state index < -0.39 is 0 Å². The van der Waals surface area contributed by atoms with E-state index in [0.717, 1.165) is 33.2 Å². The minimum absolute atomic E-state index is 0.925. The Balaban J connectivity index is 1.14. The Morgan fingerprint density at radius 1 is 0.326 bits per heavy atom. The van der Waals surface area contributed by atoms with E-state index in [1.807, 2.05) is 24.7 Å². The fourth-order valence-electron chi connectivity index (χ4n) is 6.97. The third kappa shape index (κ3) is 4.35. The molecule has 0 saturated heterocycles. The molecule has 0 aliphatic carbocycles. The molecule has 0 atom stereocenters. The standard InChI is InChI=1S/C44H28N2/c1-2-10-32-25-33(22-19-29(32)9-1)44-39-15-7-5-13-37(39)43(38-14-6-8-16-40(38)44)31-20-17-30(18-21-31)34-23-24-42(46-27-34)41-28-45-26-35-11-3-4-12-36(35)41/h1-28H. The highest BCUT2D eigenvalue weighted by atomic mass is 14.7. The van der Waals surface area contributed by atoms with Gasteiger partial charge in [0.25, 0.3) is 0 Å². The van der Waals surface area contributed by atoms with Gasteiger partial charge in [-0.3, -0.25) is 9.97 Å². The van der Waals surface area contributed by atoms with Gasteiger partial charge in [0.2, 0.25) is 0 Å². The van der Waals surface area contributed by atoms with Crippen LogP contribution in [0.2, 0.25) is 0 Å². The fourth-order valence-corrected chi connectivity index (χ4v) is 6.97. The Kier molecular flexibility index (Phi) is 6.17. The molecule has 0 bridgehead atoms. The molecule has 2 nitrogen and oxygen atoms in total. The summed E-state index contributed by atoms with van der Waals surface area (Å²) in [6.07, 6.45) is 5.77. The normalized spacial score (nSPS) is 11.5. The second-order valence-electron chi connectivity index (χ2n) is 11.8. The first kappa shape index (κ1) is 26.3. The summed E-state index contributed by atoms with van der Waals surface area (Å²) in [5.74, 6) is 0. The van der Waals surface area contributed by atoms with Crippen molar-refractivity contribution in [2.24, 2.45) is 0 Å². The highest BCUT2D eigenvalue weighted by molar-refractivity contribution is 6.21. The van der Waals surface area contributed by atoms with Gasteiger partial charge in [-0.1, -0.05) is 140 Å². The number of rotatable bonds is 4. The molecule has 2 aromatic heterocycles. The molecule has 9 aromatic rings. The van der Waals surface area contributed by atoms with Crippen LogP contribution in [-0.4, -0.2) is 9.97 Å². The predicted molar refractivity (Wildman–Crippen MR) is 194 cm³/mol. The van der Waals surface area contributed by atoms with Gasteiger partial charge in [-0.25, -0.2) is 0 Å². The molecular formula is C44H28N2. The Labute approximate surface area is 267 Å². The minimum Gasteiger partial charge on any atom is -0.263 e. The lowest BCUT2D eigenvalue weighted by molar-refractivity contribution is 1.30. The van der Waals surface area contributed by atoms with Crippen LogP contribution in [0.25, 0.3) is 87.7 Å². The second-order valence-corrected chi connectivity index (χ2v) is 11.8. The van der Waals surface area contributed by atoms with Crippen molar-refractivity contribution in [3.05, 3.63) is 170 Å². The Hall–Kier alpha value is -6.12. The van der Waals surface area contributed by atoms with E-state index in [2.05, 4.69) is 151 Å². The molecule has 46 heavy (non-hydrogen) atoms. The third-order valence-corrected chi connectivity index (χ3v) is 9.18. The van der Waals surface area contributed by atoms with Crippen LogP contribution in [0.5, 0.6) is 0 Å². The molecular weight excluding hydrogens is 556 g/mol. The largest absolute Gasteiger partial charge is 0.263 e. The molecule has 0 unspecified atom stereocenters. The van der Waals surface area contributed by atoms with Gasteiger partial charge in [-0.2, -0.15) is 0 Å². The smallest absolute Gasteiger partial charge is 0.0724 e. The molecule has 0 saturated carbocycles. The van der Waals surface area contributed by atoms with Crippen molar-refractivity contribution in [3.8, 4) is 44.6 Å². The molecule has 9 rings (SSSR count). The number of nitrogens with zero attached hydrogens (tertiary/aromatic N) is 2. The number of aromatic nitrogens is 2. The summed E-state index contributed by atoms with van der Waals surface area (Å²) in [6, 6.07) is 54.6. The Morgan fingerprint density at radius 3 is 1.50 bits per heavy atom. The van der Waals surface area contributed by atoms with E-state index in [-0.39, 0.29) is 0 Å². The predicted octanol–water partition coefficient (Wildman–Crippen LogP) is 11.8. The first-order valence-corrected chi connectivity index (χ1v) is 15.6. The van der Waals surface area contributed by atoms with Gasteiger partial charge in [0.05, 0.1) is 5.69 Å². The van der Waals surface area contributed by atoms with E-state index >= 15 is 0 Å². The molecule has 2 heterocycles. The lowest BCUT2D eigenvalue weighted by Gasteiger charge is -2.18. The van der Waals surface area contributed by atoms with Gasteiger partial charge < -0.3 is 0 Å². The number of benzene rings is 7. The van der Waals surface area contributed by atoms with Crippen molar-refractivity contribution in [2.75, 3.05) is 0 Å². The second kappa shape index (κ2) is 10.8. The van der Waals surface area contributed by atoms with E-state index in [0.29, 0.717) is 0 Å². The first-order chi connectivity index (χ1) is 22.8. The number of fused-ring (bicyclic) bond motifs is 4. The van der Waals surface area contributed by atoms with Gasteiger partial charge in [-0.05, 0) is 77.7 Å². The van der Waals surface area contributed by atoms with Gasteiger partial charge in [0, 0.05) is 35.1 Å². The van der Waals surface area contributed by atoms with Crippen molar-refractivity contribution in [1.29, 1.82) is 0 Å². The van der Waals surface area contributed by atoms with Crippen LogP contribution in [0.3, 0.4) is 0 Å². The van der Waals surface area contributed by atoms with Gasteiger partial charge in [0.15, 0.2) is 0 Å². The molecule has 0 fully saturated rings. The van der Waals surface area contributed by atoms with Crippen molar-refractivity contribution >= 4 is 43.1 Å². The molecule has 0 amide bonds. The van der Waals surface area contributed by atoms with E-state index in [1.165, 1.54) is 54.6 Å². The zero-order chi connectivity index (χ0) is 30.5. The molecule has 0 N–H and O–H groups in total. The molecule has 214 valence electrons. The van der Waals surface area contributed by atoms with Gasteiger partial charge >= 0.3 is 0 Å². The van der Waals surface area contributed by atoms with Crippen LogP contribution in [-0.2, 0) is 0 Å². The number of hydrogen-bond donors (Lipinski definition) is 0. The Bertz CT molecular complexity index is 2500. The van der Waals surface area contributed by atoms with E-state index in [9.17, 15) is 0 Å². The van der Waals surface area contributed by atoms with Crippen LogP contribution in [0, 0.1) is 0 Å². The Morgan fingerprint density at radius 2 is 0.848 bits per heavy atom. The van der Waals surface area contributed by atoms with E-state index in [4.69, 9.17) is 4.98 Å². The van der Waals surface area contributed by atoms with Crippen molar-refractivity contribution in [1.82, 2.24) is 9.97 Å². The van der Waals surface area contributed by atoms with Gasteiger partial charge in [-0.15, -0.1) is 0 Å². The maximum absolute atomic E-state index is 4.86. The van der Waals surface area contributed by atoms with Crippen LogP contribution in [0.1, 0.15) is 0 Å². The highest BCUT2D eigenvalue weighted by Crippen LogP contribution is 2.44. The maximum Gasteiger partial charge on any atom is 0.0724 e. The van der Waals surface area contributed by atoms with Crippen LogP contribution < -0.4 is 0 Å². The zero-order valence-corrected chi connectivity index (χ0v) is 25.1. The third-order valence-electron chi connectivity index (χ3n) is 9.18. The molecule has 0 spiro atoms. The summed E-state index contributed by atoms with van der Waals surface area (Å²) >= 11 is 0. The number of hydrogen-bond acceptors (Lipinski definition) is 2. The van der Waals surface area contributed by atoms with Crippen molar-refractivity contribution in [3.63, 3.8) is 0 Å². The summed E-state index contributed by atoms with van der Waals surface area (Å²) in [7, 11) is 0. The van der Waals surface area contributed by atoms with Gasteiger partial charge in [0.1, 0.15) is 0 Å². The number of pyridine rings is 2. The summed E-state index contributed by atoms with van der Waals surface area (Å²) < 4.78 is 0. The minimum atomic E-state index is 0.925. The molecule has 0 aliphatic rings. The zero-order valence-electron chi connectivity index (χ0n) is 25.1. The molecule has 0 radical (unpaired) electrons. The molecule has 0 aliphatic heterocycles. The monoisotopic (exact) mass is 584 g/mol. The first-order valence-electron chi connectivity index (χ1n) is 15.6. The summed E-state index contributed by atoms with van der Waals surface area (Å²) in [6.45, 7) is 0. The summed E-state index contributed by atoms with van der Waals surface area (Å²) in [5, 5.41) is 9.83. The summed E-state index contributed by atoms with van der Waals surface area (Å²) in [4.78, 5) is 9.30.